The Bertz CT molecular complexity index is 455. The summed E-state index contributed by atoms with van der Waals surface area (Å²) in [4.78, 5) is 16.8. The van der Waals surface area contributed by atoms with Gasteiger partial charge in [0.15, 0.2) is 11.8 Å². The molecule has 0 aromatic carbocycles. The van der Waals surface area contributed by atoms with E-state index in [1.54, 1.807) is 0 Å². The fraction of sp³-hybridized carbons (Fsp3) is 1.00. The molecular weight excluding hydrogens is 431 g/mol. The van der Waals surface area contributed by atoms with Gasteiger partial charge in [-0.1, -0.05) is 0 Å². The molecule has 26 heavy (non-hydrogen) atoms. The van der Waals surface area contributed by atoms with Gasteiger partial charge in [0.2, 0.25) is 0 Å². The topological polar surface area (TPSA) is 66.8 Å². The lowest BCUT2D eigenvalue weighted by Gasteiger charge is -2.40. The molecule has 4 nitrogen and oxygen atoms in total. The van der Waals surface area contributed by atoms with Gasteiger partial charge in [0.1, 0.15) is 0 Å². The summed E-state index contributed by atoms with van der Waals surface area (Å²) in [6.45, 7) is -0.168. The van der Waals surface area contributed by atoms with Crippen LogP contribution >= 0.6 is 7.82 Å². The summed E-state index contributed by atoms with van der Waals surface area (Å²) in [5.74, 6) is -15.0. The van der Waals surface area contributed by atoms with E-state index in [0.717, 1.165) is 0 Å². The number of phosphoric ester groups is 1. The summed E-state index contributed by atoms with van der Waals surface area (Å²) in [6, 6.07) is 0. The summed E-state index contributed by atoms with van der Waals surface area (Å²) < 4.78 is 166. The molecule has 158 valence electrons. The van der Waals surface area contributed by atoms with Crippen LogP contribution < -0.4 is 0 Å². The van der Waals surface area contributed by atoms with Crippen molar-refractivity contribution in [1.29, 1.82) is 0 Å². The molecule has 2 N–H and O–H groups in total. The molecular formula is C9H9F12O4P. The van der Waals surface area contributed by atoms with Crippen LogP contribution in [-0.2, 0) is 9.09 Å². The Morgan fingerprint density at radius 2 is 0.923 bits per heavy atom. The molecule has 0 aromatic rings. The first-order valence-corrected chi connectivity index (χ1v) is 7.53. The zero-order chi connectivity index (χ0) is 21.5. The minimum Gasteiger partial charge on any atom is -0.303 e. The van der Waals surface area contributed by atoms with Crippen molar-refractivity contribution in [2.45, 2.75) is 37.7 Å². The first-order chi connectivity index (χ1) is 11.0. The number of halogens is 12. The molecule has 1 atom stereocenters. The smallest absolute Gasteiger partial charge is 0.303 e. The Labute approximate surface area is 136 Å². The number of alkyl halides is 12. The van der Waals surface area contributed by atoms with E-state index in [9.17, 15) is 57.3 Å². The maximum Gasteiger partial charge on any atom is 0.469 e. The SMILES string of the molecule is CC(OP(=O)(O)O)C(C(C(F)(F)F)C(F)(F)F)C(C(F)(F)F)C(F)(F)F. The van der Waals surface area contributed by atoms with Gasteiger partial charge >= 0.3 is 32.5 Å². The van der Waals surface area contributed by atoms with Crippen LogP contribution in [0.4, 0.5) is 52.7 Å². The molecule has 17 heteroatoms. The van der Waals surface area contributed by atoms with Crippen molar-refractivity contribution in [3.05, 3.63) is 0 Å². The minimum absolute atomic E-state index is 0.168. The van der Waals surface area contributed by atoms with Crippen LogP contribution in [-0.4, -0.2) is 40.6 Å². The molecule has 0 amide bonds. The predicted octanol–water partition coefficient (Wildman–Crippen LogP) is 4.58. The summed E-state index contributed by atoms with van der Waals surface area (Å²) in [6.07, 6.45) is -30.1. The van der Waals surface area contributed by atoms with E-state index >= 15 is 0 Å². The molecule has 0 saturated heterocycles. The number of rotatable bonds is 5. The number of phosphoric acid groups is 1. The second-order valence-corrected chi connectivity index (χ2v) is 6.19. The van der Waals surface area contributed by atoms with Crippen molar-refractivity contribution in [2.75, 3.05) is 0 Å². The van der Waals surface area contributed by atoms with Crippen molar-refractivity contribution < 1.29 is 71.6 Å². The average molecular weight is 440 g/mol. The lowest BCUT2D eigenvalue weighted by Crippen LogP contribution is -2.55. The van der Waals surface area contributed by atoms with Crippen molar-refractivity contribution >= 4 is 7.82 Å². The summed E-state index contributed by atoms with van der Waals surface area (Å²) in [5, 5.41) is 0. The van der Waals surface area contributed by atoms with E-state index in [1.165, 1.54) is 0 Å². The van der Waals surface area contributed by atoms with Gasteiger partial charge in [-0.3, -0.25) is 4.52 Å². The van der Waals surface area contributed by atoms with Crippen molar-refractivity contribution in [3.8, 4) is 0 Å². The van der Waals surface area contributed by atoms with Crippen molar-refractivity contribution in [1.82, 2.24) is 0 Å². The third-order valence-electron chi connectivity index (χ3n) is 3.03. The van der Waals surface area contributed by atoms with Gasteiger partial charge < -0.3 is 9.79 Å². The molecule has 0 fully saturated rings. The molecule has 0 aliphatic carbocycles. The highest BCUT2D eigenvalue weighted by molar-refractivity contribution is 7.46. The molecule has 0 aliphatic heterocycles. The third-order valence-corrected chi connectivity index (χ3v) is 3.63. The van der Waals surface area contributed by atoms with Gasteiger partial charge in [0.05, 0.1) is 6.10 Å². The Balaban J connectivity index is 6.65. The van der Waals surface area contributed by atoms with Crippen LogP contribution in [0.15, 0.2) is 0 Å². The zero-order valence-corrected chi connectivity index (χ0v) is 12.9. The van der Waals surface area contributed by atoms with Crippen molar-refractivity contribution in [3.63, 3.8) is 0 Å². The van der Waals surface area contributed by atoms with E-state index in [-0.39, 0.29) is 6.92 Å². The maximum atomic E-state index is 12.7. The molecule has 0 bridgehead atoms. The van der Waals surface area contributed by atoms with Crippen LogP contribution in [0, 0.1) is 17.8 Å². The average Bonchev–Trinajstić information content (AvgIpc) is 2.16. The molecule has 0 aromatic heterocycles. The highest BCUT2D eigenvalue weighted by Crippen LogP contribution is 2.56. The van der Waals surface area contributed by atoms with E-state index in [0.29, 0.717) is 0 Å². The predicted molar refractivity (Wildman–Crippen MR) is 57.3 cm³/mol. The molecule has 0 saturated carbocycles. The highest BCUT2D eigenvalue weighted by atomic mass is 31.2. The molecule has 1 unspecified atom stereocenters. The quantitative estimate of drug-likeness (QED) is 0.485. The summed E-state index contributed by atoms with van der Waals surface area (Å²) in [7, 11) is -6.03. The zero-order valence-electron chi connectivity index (χ0n) is 12.0. The van der Waals surface area contributed by atoms with Crippen LogP contribution in [0.5, 0.6) is 0 Å². The normalized spacial score (nSPS) is 16.7. The van der Waals surface area contributed by atoms with E-state index in [2.05, 4.69) is 4.52 Å². The van der Waals surface area contributed by atoms with Gasteiger partial charge in [0.25, 0.3) is 0 Å². The molecule has 0 spiro atoms. The standard InChI is InChI=1S/C9H9F12O4P/c1-2(25-26(22,23)24)3(4(6(10,11)12)7(13,14)15)5(8(16,17)18)9(19,20)21/h2-5H,1H3,(H2,22,23,24). The van der Waals surface area contributed by atoms with Gasteiger partial charge in [-0.05, 0) is 6.92 Å². The van der Waals surface area contributed by atoms with E-state index < -0.39 is 56.4 Å². The van der Waals surface area contributed by atoms with Crippen molar-refractivity contribution in [2.24, 2.45) is 17.8 Å². The van der Waals surface area contributed by atoms with Crippen LogP contribution in [0.3, 0.4) is 0 Å². The number of hydrogen-bond donors (Lipinski definition) is 2. The second-order valence-electron chi connectivity index (χ2n) is 5.00. The minimum atomic E-state index is -6.66. The van der Waals surface area contributed by atoms with Gasteiger partial charge in [-0.2, -0.15) is 52.7 Å². The largest absolute Gasteiger partial charge is 0.469 e. The third kappa shape index (κ3) is 7.12. The summed E-state index contributed by atoms with van der Waals surface area (Å²) in [5.41, 5.74) is 0. The Kier molecular flexibility index (Phi) is 7.15. The van der Waals surface area contributed by atoms with Crippen LogP contribution in [0.1, 0.15) is 6.92 Å². The number of hydrogen-bond acceptors (Lipinski definition) is 2. The maximum absolute atomic E-state index is 12.7. The first kappa shape index (κ1) is 25.3. The van der Waals surface area contributed by atoms with Gasteiger partial charge in [-0.25, -0.2) is 4.57 Å². The Hall–Kier alpha value is -0.730. The molecule has 0 radical (unpaired) electrons. The lowest BCUT2D eigenvalue weighted by molar-refractivity contribution is -0.356. The van der Waals surface area contributed by atoms with Gasteiger partial charge in [-0.15, -0.1) is 0 Å². The molecule has 0 heterocycles. The van der Waals surface area contributed by atoms with Crippen LogP contribution in [0.2, 0.25) is 0 Å². The second kappa shape index (κ2) is 7.36. The Morgan fingerprint density at radius 1 is 0.692 bits per heavy atom. The molecule has 0 aliphatic rings. The first-order valence-electron chi connectivity index (χ1n) is 6.00. The van der Waals surface area contributed by atoms with Gasteiger partial charge in [0, 0.05) is 5.92 Å². The lowest BCUT2D eigenvalue weighted by atomic mass is 9.76. The highest BCUT2D eigenvalue weighted by Gasteiger charge is 2.71. The Morgan fingerprint density at radius 3 is 1.08 bits per heavy atom. The van der Waals surface area contributed by atoms with E-state index in [4.69, 9.17) is 9.79 Å². The molecule has 0 rings (SSSR count). The monoisotopic (exact) mass is 440 g/mol. The fourth-order valence-electron chi connectivity index (χ4n) is 2.27. The summed E-state index contributed by atoms with van der Waals surface area (Å²) >= 11 is 0. The van der Waals surface area contributed by atoms with Crippen LogP contribution in [0.25, 0.3) is 0 Å². The fourth-order valence-corrected chi connectivity index (χ4v) is 2.84. The van der Waals surface area contributed by atoms with E-state index in [1.807, 2.05) is 0 Å².